The molecule has 25 heavy (non-hydrogen) atoms. The van der Waals surface area contributed by atoms with Crippen molar-refractivity contribution in [3.63, 3.8) is 0 Å². The van der Waals surface area contributed by atoms with E-state index in [2.05, 4.69) is 10.3 Å². The molecule has 0 saturated heterocycles. The van der Waals surface area contributed by atoms with Crippen LogP contribution in [-0.2, 0) is 6.54 Å². The van der Waals surface area contributed by atoms with Crippen LogP contribution in [0.25, 0.3) is 10.6 Å². The number of carbonyl (C=O) groups excluding carboxylic acids is 1. The summed E-state index contributed by atoms with van der Waals surface area (Å²) in [6.45, 7) is 2.38. The fourth-order valence-corrected chi connectivity index (χ4v) is 3.47. The van der Waals surface area contributed by atoms with Crippen LogP contribution in [0.15, 0.2) is 54.6 Å². The second-order valence-electron chi connectivity index (χ2n) is 6.04. The molecule has 0 aliphatic heterocycles. The number of carbonyl (C=O) groups is 1. The van der Waals surface area contributed by atoms with E-state index in [0.717, 1.165) is 27.5 Å². The highest BCUT2D eigenvalue weighted by atomic mass is 32.1. The third-order valence-electron chi connectivity index (χ3n) is 3.93. The maximum Gasteiger partial charge on any atom is 0.263 e. The first kappa shape index (κ1) is 17.2. The summed E-state index contributed by atoms with van der Waals surface area (Å²) >= 11 is 1.43. The lowest BCUT2D eigenvalue weighted by atomic mass is 10.2. The van der Waals surface area contributed by atoms with Gasteiger partial charge in [0.1, 0.15) is 9.88 Å². The van der Waals surface area contributed by atoms with Crippen molar-refractivity contribution in [3.05, 3.63) is 70.7 Å². The quantitative estimate of drug-likeness (QED) is 0.752. The number of nitrogens with one attached hydrogen (secondary N) is 1. The Hall–Kier alpha value is -2.66. The van der Waals surface area contributed by atoms with Crippen LogP contribution in [0.1, 0.15) is 20.9 Å². The summed E-state index contributed by atoms with van der Waals surface area (Å²) in [5.41, 5.74) is 4.02. The number of thiazole rings is 1. The van der Waals surface area contributed by atoms with E-state index in [0.29, 0.717) is 11.4 Å². The predicted octanol–water partition coefficient (Wildman–Crippen LogP) is 4.11. The smallest absolute Gasteiger partial charge is 0.263 e. The zero-order valence-electron chi connectivity index (χ0n) is 14.6. The molecule has 0 bridgehead atoms. The number of aryl methyl sites for hydroxylation is 1. The Morgan fingerprint density at radius 1 is 1.08 bits per heavy atom. The summed E-state index contributed by atoms with van der Waals surface area (Å²) in [4.78, 5) is 19.8. The molecule has 128 valence electrons. The third kappa shape index (κ3) is 4.06. The standard InChI is InChI=1S/C20H21N3OS/c1-14-18(25-20(22-14)16-7-5-4-6-8-16)19(24)21-13-15-9-11-17(12-10-15)23(2)3/h4-12H,13H2,1-3H3,(H,21,24). The minimum atomic E-state index is -0.0751. The monoisotopic (exact) mass is 351 g/mol. The molecule has 1 N–H and O–H groups in total. The summed E-state index contributed by atoms with van der Waals surface area (Å²) in [6.07, 6.45) is 0. The SMILES string of the molecule is Cc1nc(-c2ccccc2)sc1C(=O)NCc1ccc(N(C)C)cc1. The van der Waals surface area contributed by atoms with Gasteiger partial charge < -0.3 is 10.2 Å². The van der Waals surface area contributed by atoms with E-state index in [9.17, 15) is 4.79 Å². The molecule has 0 spiro atoms. The second kappa shape index (κ2) is 7.49. The molecule has 0 aliphatic rings. The molecule has 4 nitrogen and oxygen atoms in total. The van der Waals surface area contributed by atoms with E-state index in [-0.39, 0.29) is 5.91 Å². The second-order valence-corrected chi connectivity index (χ2v) is 7.04. The van der Waals surface area contributed by atoms with Gasteiger partial charge in [0.05, 0.1) is 5.69 Å². The highest BCUT2D eigenvalue weighted by Crippen LogP contribution is 2.27. The van der Waals surface area contributed by atoms with E-state index >= 15 is 0 Å². The van der Waals surface area contributed by atoms with Crippen molar-refractivity contribution in [1.82, 2.24) is 10.3 Å². The molecule has 1 aromatic heterocycles. The van der Waals surface area contributed by atoms with Gasteiger partial charge in [-0.1, -0.05) is 42.5 Å². The number of benzene rings is 2. The molecule has 3 aromatic rings. The number of hydrogen-bond donors (Lipinski definition) is 1. The van der Waals surface area contributed by atoms with Crippen LogP contribution in [0.2, 0.25) is 0 Å². The van der Waals surface area contributed by atoms with E-state index in [4.69, 9.17) is 0 Å². The Bertz CT molecular complexity index is 854. The maximum absolute atomic E-state index is 12.5. The van der Waals surface area contributed by atoms with Crippen LogP contribution < -0.4 is 10.2 Å². The van der Waals surface area contributed by atoms with Crippen molar-refractivity contribution in [2.75, 3.05) is 19.0 Å². The highest BCUT2D eigenvalue weighted by Gasteiger charge is 2.15. The van der Waals surface area contributed by atoms with Crippen molar-refractivity contribution in [1.29, 1.82) is 0 Å². The van der Waals surface area contributed by atoms with Crippen molar-refractivity contribution in [3.8, 4) is 10.6 Å². The zero-order chi connectivity index (χ0) is 17.8. The first-order chi connectivity index (χ1) is 12.0. The van der Waals surface area contributed by atoms with Crippen molar-refractivity contribution < 1.29 is 4.79 Å². The number of anilines is 1. The molecule has 2 aromatic carbocycles. The van der Waals surface area contributed by atoms with Gasteiger partial charge in [-0.2, -0.15) is 0 Å². The summed E-state index contributed by atoms with van der Waals surface area (Å²) in [6, 6.07) is 18.1. The number of aromatic nitrogens is 1. The first-order valence-corrected chi connectivity index (χ1v) is 8.93. The summed E-state index contributed by atoms with van der Waals surface area (Å²) in [5, 5.41) is 3.86. The Morgan fingerprint density at radius 2 is 1.76 bits per heavy atom. The molecule has 0 saturated carbocycles. The molecule has 0 radical (unpaired) electrons. The molecule has 1 heterocycles. The van der Waals surface area contributed by atoms with Gasteiger partial charge in [0, 0.05) is 31.9 Å². The lowest BCUT2D eigenvalue weighted by molar-refractivity contribution is 0.0954. The number of rotatable bonds is 5. The van der Waals surface area contributed by atoms with Gasteiger partial charge in [0.2, 0.25) is 0 Å². The van der Waals surface area contributed by atoms with Crippen molar-refractivity contribution in [2.24, 2.45) is 0 Å². The molecule has 0 atom stereocenters. The topological polar surface area (TPSA) is 45.2 Å². The maximum atomic E-state index is 12.5. The molecule has 0 aliphatic carbocycles. The third-order valence-corrected chi connectivity index (χ3v) is 5.13. The van der Waals surface area contributed by atoms with Crippen molar-refractivity contribution >= 4 is 22.9 Å². The number of nitrogens with zero attached hydrogens (tertiary/aromatic N) is 2. The van der Waals surface area contributed by atoms with Gasteiger partial charge in [-0.3, -0.25) is 4.79 Å². The largest absolute Gasteiger partial charge is 0.378 e. The average Bonchev–Trinajstić information content (AvgIpc) is 3.02. The van der Waals surface area contributed by atoms with E-state index < -0.39 is 0 Å². The fourth-order valence-electron chi connectivity index (χ4n) is 2.49. The lowest BCUT2D eigenvalue weighted by Gasteiger charge is -2.12. The lowest BCUT2D eigenvalue weighted by Crippen LogP contribution is -2.22. The van der Waals surface area contributed by atoms with Gasteiger partial charge in [-0.25, -0.2) is 4.98 Å². The number of amides is 1. The van der Waals surface area contributed by atoms with Gasteiger partial charge in [-0.15, -0.1) is 11.3 Å². The van der Waals surface area contributed by atoms with Crippen LogP contribution in [0, 0.1) is 6.92 Å². The Balaban J connectivity index is 1.68. The van der Waals surface area contributed by atoms with Crippen LogP contribution in [-0.4, -0.2) is 25.0 Å². The minimum absolute atomic E-state index is 0.0751. The number of hydrogen-bond acceptors (Lipinski definition) is 4. The van der Waals surface area contributed by atoms with Crippen LogP contribution >= 0.6 is 11.3 Å². The van der Waals surface area contributed by atoms with E-state index in [1.54, 1.807) is 0 Å². The molecule has 0 unspecified atom stereocenters. The summed E-state index contributed by atoms with van der Waals surface area (Å²) in [5.74, 6) is -0.0751. The van der Waals surface area contributed by atoms with E-state index in [1.165, 1.54) is 11.3 Å². The fraction of sp³-hybridized carbons (Fsp3) is 0.200. The molecule has 0 fully saturated rings. The molecule has 1 amide bonds. The Labute approximate surface area is 152 Å². The van der Waals surface area contributed by atoms with Crippen LogP contribution in [0.4, 0.5) is 5.69 Å². The molecule has 5 heteroatoms. The zero-order valence-corrected chi connectivity index (χ0v) is 15.4. The normalized spacial score (nSPS) is 10.5. The van der Waals surface area contributed by atoms with Gasteiger partial charge in [0.25, 0.3) is 5.91 Å². The Morgan fingerprint density at radius 3 is 2.40 bits per heavy atom. The minimum Gasteiger partial charge on any atom is -0.378 e. The molecular weight excluding hydrogens is 330 g/mol. The summed E-state index contributed by atoms with van der Waals surface area (Å²) < 4.78 is 0. The van der Waals surface area contributed by atoms with Crippen molar-refractivity contribution in [2.45, 2.75) is 13.5 Å². The highest BCUT2D eigenvalue weighted by molar-refractivity contribution is 7.17. The van der Waals surface area contributed by atoms with Gasteiger partial charge >= 0.3 is 0 Å². The predicted molar refractivity (Wildman–Crippen MR) is 104 cm³/mol. The summed E-state index contributed by atoms with van der Waals surface area (Å²) in [7, 11) is 4.02. The van der Waals surface area contributed by atoms with E-state index in [1.807, 2.05) is 80.5 Å². The van der Waals surface area contributed by atoms with Crippen LogP contribution in [0.3, 0.4) is 0 Å². The first-order valence-electron chi connectivity index (χ1n) is 8.12. The Kier molecular flexibility index (Phi) is 5.14. The molecular formula is C20H21N3OS. The molecule has 3 rings (SSSR count). The van der Waals surface area contributed by atoms with Gasteiger partial charge in [-0.05, 0) is 24.6 Å². The average molecular weight is 351 g/mol. The van der Waals surface area contributed by atoms with Gasteiger partial charge in [0.15, 0.2) is 0 Å². The van der Waals surface area contributed by atoms with Crippen LogP contribution in [0.5, 0.6) is 0 Å².